The van der Waals surface area contributed by atoms with Crippen molar-refractivity contribution in [1.29, 1.82) is 0 Å². The molecule has 8 aromatic heterocycles. The second-order valence-electron chi connectivity index (χ2n) is 27.5. The van der Waals surface area contributed by atoms with Crippen molar-refractivity contribution in [3.8, 4) is 45.0 Å². The van der Waals surface area contributed by atoms with Gasteiger partial charge in [0.05, 0.1) is 74.8 Å². The summed E-state index contributed by atoms with van der Waals surface area (Å²) in [5, 5.41) is 32.6. The molecule has 32 heteroatoms. The van der Waals surface area contributed by atoms with Crippen molar-refractivity contribution < 1.29 is 60.2 Å². The molecule has 111 heavy (non-hydrogen) atoms. The quantitative estimate of drug-likeness (QED) is 0.0511. The molecule has 0 radical (unpaired) electrons. The topological polar surface area (TPSA) is 422 Å². The van der Waals surface area contributed by atoms with Crippen molar-refractivity contribution in [1.82, 2.24) is 70.9 Å². The Morgan fingerprint density at radius 1 is 0.387 bits per heavy atom. The lowest BCUT2D eigenvalue weighted by Crippen LogP contribution is -2.64. The second kappa shape index (κ2) is 31.7. The molecule has 5 fully saturated rings. The maximum Gasteiger partial charge on any atom is 0.320 e. The zero-order valence-electron chi connectivity index (χ0n) is 59.1. The summed E-state index contributed by atoms with van der Waals surface area (Å²) in [6.07, 6.45) is 9.21. The molecule has 10 heterocycles. The maximum absolute atomic E-state index is 13.6. The Morgan fingerprint density at radius 2 is 0.667 bits per heavy atom. The van der Waals surface area contributed by atoms with Gasteiger partial charge >= 0.3 is 6.03 Å². The first kappa shape index (κ1) is 74.9. The molecule has 12 aromatic rings. The number of aromatic nitrogens is 8. The van der Waals surface area contributed by atoms with Gasteiger partial charge in [-0.15, -0.1) is 0 Å². The van der Waals surface area contributed by atoms with Crippen molar-refractivity contribution >= 4 is 106 Å². The van der Waals surface area contributed by atoms with Gasteiger partial charge in [-0.05, 0) is 136 Å². The van der Waals surface area contributed by atoms with Gasteiger partial charge in [-0.2, -0.15) is 0 Å². The first-order valence-electron chi connectivity index (χ1n) is 35.4. The SMILES string of the molecule is Nc1ncc(C(=O)NC2CC(O)C2)c2ccc(-c3cccc(F)c3)nc12.Nc1ncc(C(=O)NC2CC(O)C2)c2ccc(-c3cccc(F)c3)nc12.Nc1ncc(C(=O)NC2CC2)c2ccc(-c3cccc(F)c3)nc12.Nc1ncc(C(=O)NC2CN(C(=O)N3CCS(=O)(=O)CC3)C2)c2ccc(-c3cccc(F)c3)nc12. The number of urea groups is 1. The summed E-state index contributed by atoms with van der Waals surface area (Å²) in [4.78, 5) is 100. The van der Waals surface area contributed by atoms with Crippen LogP contribution in [0.25, 0.3) is 88.6 Å². The Kier molecular flexibility index (Phi) is 21.4. The maximum atomic E-state index is 13.6. The van der Waals surface area contributed by atoms with E-state index >= 15 is 0 Å². The Bertz CT molecular complexity index is 5620. The van der Waals surface area contributed by atoms with E-state index < -0.39 is 9.84 Å². The van der Waals surface area contributed by atoms with Crippen molar-refractivity contribution in [3.63, 3.8) is 0 Å². The van der Waals surface area contributed by atoms with Crippen LogP contribution < -0.4 is 44.2 Å². The Labute approximate surface area is 630 Å². The smallest absolute Gasteiger partial charge is 0.320 e. The standard InChI is InChI=1S/C23H23FN6O4S.2C19H17FN4O2.C18H15FN4O/c24-15-3-1-2-14(10-15)19-5-4-17-18(11-26-21(25)20(17)28-19)22(31)27-16-12-30(13-16)23(32)29-6-8-35(33,34)9-7-29;2*20-11-3-1-2-10(6-11)16-5-4-14-15(9-22-18(21)17(14)24-16)19(26)23-12-7-13(25)8-12;19-11-3-1-2-10(8-11)15-7-6-13-14(18(24)22-12-4-5-12)9-21-17(20)16(13)23-15/h1-5,10-11,16H,6-9,12-13H2,(H2,25,26)(H,27,31);2*1-6,9,12-13,25H,7-8H2,(H2,21,22)(H,23,26);1-3,6-9,12H,4-5H2,(H2,20,21)(H,22,24). The van der Waals surface area contributed by atoms with E-state index in [-0.39, 0.29) is 137 Å². The number of carbonyl (C=O) groups is 5. The fourth-order valence-electron chi connectivity index (χ4n) is 13.0. The van der Waals surface area contributed by atoms with Crippen LogP contribution in [0.4, 0.5) is 45.6 Å². The number of aliphatic hydroxyl groups is 2. The van der Waals surface area contributed by atoms with Crippen molar-refractivity contribution in [2.45, 2.75) is 74.9 Å². The van der Waals surface area contributed by atoms with E-state index in [4.69, 9.17) is 22.9 Å². The number of nitrogens with zero attached hydrogens (tertiary/aromatic N) is 10. The lowest BCUT2D eigenvalue weighted by atomic mass is 9.89. The molecule has 566 valence electrons. The van der Waals surface area contributed by atoms with Gasteiger partial charge in [-0.3, -0.25) is 19.2 Å². The Morgan fingerprint density at radius 3 is 0.937 bits per heavy atom. The number of anilines is 4. The highest BCUT2D eigenvalue weighted by Crippen LogP contribution is 2.33. The number of halogens is 4. The summed E-state index contributed by atoms with van der Waals surface area (Å²) in [6, 6.07) is 38.0. The van der Waals surface area contributed by atoms with Gasteiger partial charge in [0.15, 0.2) is 9.84 Å². The minimum Gasteiger partial charge on any atom is -0.393 e. The van der Waals surface area contributed by atoms with E-state index in [0.717, 1.165) is 12.8 Å². The van der Waals surface area contributed by atoms with Crippen molar-refractivity contribution in [2.75, 3.05) is 60.6 Å². The number of fused-ring (bicyclic) bond motifs is 4. The van der Waals surface area contributed by atoms with Crippen LogP contribution in [0.3, 0.4) is 0 Å². The van der Waals surface area contributed by atoms with Crippen LogP contribution in [0.1, 0.15) is 80.0 Å². The predicted octanol–water partition coefficient (Wildman–Crippen LogP) is 8.74. The molecule has 2 saturated heterocycles. The van der Waals surface area contributed by atoms with E-state index in [1.54, 1.807) is 102 Å². The minimum atomic E-state index is -3.07. The molecule has 27 nitrogen and oxygen atoms in total. The molecule has 0 unspecified atom stereocenters. The van der Waals surface area contributed by atoms with E-state index in [0.29, 0.717) is 150 Å². The first-order valence-corrected chi connectivity index (χ1v) is 37.2. The lowest BCUT2D eigenvalue weighted by molar-refractivity contribution is 0.0553. The summed E-state index contributed by atoms with van der Waals surface area (Å²) < 4.78 is 77.1. The number of aliphatic hydroxyl groups excluding tert-OH is 2. The number of rotatable bonds is 12. The average molecular weight is 1530 g/mol. The fraction of sp³-hybridized carbons (Fsp3) is 0.228. The van der Waals surface area contributed by atoms with E-state index in [1.165, 1.54) is 78.2 Å². The third kappa shape index (κ3) is 17.2. The highest BCUT2D eigenvalue weighted by Gasteiger charge is 2.37. The summed E-state index contributed by atoms with van der Waals surface area (Å²) in [5.41, 5.74) is 31.5. The Hall–Kier alpha value is -12.9. The number of hydrogen-bond acceptors (Lipinski definition) is 21. The number of nitrogens with two attached hydrogens (primary N) is 4. The second-order valence-corrected chi connectivity index (χ2v) is 29.8. The third-order valence-electron chi connectivity index (χ3n) is 19.4. The number of sulfone groups is 1. The van der Waals surface area contributed by atoms with Gasteiger partial charge < -0.3 is 64.2 Å². The number of carbonyl (C=O) groups excluding carboxylic acids is 5. The first-order chi connectivity index (χ1) is 53.3. The van der Waals surface area contributed by atoms with Crippen molar-refractivity contribution in [3.05, 3.63) is 216 Å². The third-order valence-corrected chi connectivity index (χ3v) is 21.0. The normalized spacial score (nSPS) is 17.6. The summed E-state index contributed by atoms with van der Waals surface area (Å²) >= 11 is 0. The highest BCUT2D eigenvalue weighted by molar-refractivity contribution is 7.91. The number of likely N-dealkylation sites (tertiary alicyclic amines) is 1. The highest BCUT2D eigenvalue weighted by atomic mass is 32.2. The van der Waals surface area contributed by atoms with E-state index in [9.17, 15) is 60.2 Å². The van der Waals surface area contributed by atoms with E-state index in [1.807, 2.05) is 0 Å². The lowest BCUT2D eigenvalue weighted by Gasteiger charge is -2.42. The van der Waals surface area contributed by atoms with Crippen LogP contribution in [0, 0.1) is 23.3 Å². The summed E-state index contributed by atoms with van der Waals surface area (Å²) in [5.74, 6) is -1.79. The van der Waals surface area contributed by atoms with Gasteiger partial charge in [0.25, 0.3) is 23.6 Å². The molecule has 0 bridgehead atoms. The van der Waals surface area contributed by atoms with Gasteiger partial charge in [0, 0.05) is 113 Å². The number of amides is 6. The number of nitrogen functional groups attached to an aromatic ring is 4. The summed E-state index contributed by atoms with van der Waals surface area (Å²) in [7, 11) is -3.07. The van der Waals surface area contributed by atoms with Gasteiger partial charge in [-0.25, -0.2) is 70.6 Å². The number of hydrogen-bond donors (Lipinski definition) is 10. The largest absolute Gasteiger partial charge is 0.393 e. The molecular formula is C79H72F4N18O9S. The minimum absolute atomic E-state index is 0.0288. The Balaban J connectivity index is 0.000000124. The van der Waals surface area contributed by atoms with Gasteiger partial charge in [0.1, 0.15) is 68.6 Å². The fourth-order valence-corrected chi connectivity index (χ4v) is 14.2. The van der Waals surface area contributed by atoms with Gasteiger partial charge in [-0.1, -0.05) is 48.5 Å². The molecule has 3 aliphatic carbocycles. The predicted molar refractivity (Wildman–Crippen MR) is 409 cm³/mol. The van der Waals surface area contributed by atoms with Crippen LogP contribution >= 0.6 is 0 Å². The van der Waals surface area contributed by atoms with E-state index in [2.05, 4.69) is 61.1 Å². The summed E-state index contributed by atoms with van der Waals surface area (Å²) in [6.45, 7) is 1.02. The molecule has 6 amide bonds. The average Bonchev–Trinajstić information content (AvgIpc) is 1.53. The number of pyridine rings is 8. The number of nitrogens with one attached hydrogen (secondary N) is 4. The van der Waals surface area contributed by atoms with Crippen molar-refractivity contribution in [2.24, 2.45) is 0 Å². The van der Waals surface area contributed by atoms with Crippen LogP contribution in [0.5, 0.6) is 0 Å². The molecule has 17 rings (SSSR count). The van der Waals surface area contributed by atoms with Crippen LogP contribution in [0.15, 0.2) is 170 Å². The monoisotopic (exact) mass is 1520 g/mol. The molecule has 4 aromatic carbocycles. The molecule has 0 spiro atoms. The molecule has 0 atom stereocenters. The zero-order valence-corrected chi connectivity index (χ0v) is 59.9. The zero-order chi connectivity index (χ0) is 77.9. The number of benzene rings is 4. The molecule has 2 aliphatic heterocycles. The molecular weight excluding hydrogens is 1450 g/mol. The van der Waals surface area contributed by atoms with Crippen LogP contribution in [-0.4, -0.2) is 172 Å². The molecule has 14 N–H and O–H groups in total. The molecule has 5 aliphatic rings. The van der Waals surface area contributed by atoms with Gasteiger partial charge in [0.2, 0.25) is 0 Å². The molecule has 3 saturated carbocycles. The van der Waals surface area contributed by atoms with Crippen LogP contribution in [0.2, 0.25) is 0 Å². The van der Waals surface area contributed by atoms with Crippen LogP contribution in [-0.2, 0) is 9.84 Å².